The van der Waals surface area contributed by atoms with Crippen LogP contribution in [-0.4, -0.2) is 54.9 Å². The van der Waals surface area contributed by atoms with Crippen molar-refractivity contribution in [2.75, 3.05) is 6.61 Å². The molecule has 4 rings (SSSR count). The fourth-order valence-corrected chi connectivity index (χ4v) is 3.65. The van der Waals surface area contributed by atoms with Crippen molar-refractivity contribution in [1.82, 2.24) is 19.1 Å². The largest absolute Gasteiger partial charge is 0.394 e. The number of imidazole rings is 1. The zero-order valence-corrected chi connectivity index (χ0v) is 15.2. The van der Waals surface area contributed by atoms with Crippen molar-refractivity contribution < 1.29 is 19.3 Å². The molecule has 0 bridgehead atoms. The van der Waals surface area contributed by atoms with Crippen LogP contribution < -0.4 is 5.56 Å². The molecule has 2 aromatic heterocycles. The molecule has 2 fully saturated rings. The highest BCUT2D eigenvalue weighted by atomic mass is 16.8. The van der Waals surface area contributed by atoms with Crippen molar-refractivity contribution in [2.24, 2.45) is 0 Å². The highest BCUT2D eigenvalue weighted by molar-refractivity contribution is 5.69. The number of aliphatic hydroxyl groups excluding tert-OH is 1. The van der Waals surface area contributed by atoms with Crippen LogP contribution in [-0.2, 0) is 20.8 Å². The number of hydrogen-bond donors (Lipinski definition) is 1. The monoisotopic (exact) mass is 364 g/mol. The van der Waals surface area contributed by atoms with Crippen molar-refractivity contribution in [1.29, 1.82) is 0 Å². The van der Waals surface area contributed by atoms with Gasteiger partial charge in [0.25, 0.3) is 5.56 Å². The number of rotatable bonds is 5. The van der Waals surface area contributed by atoms with Crippen LogP contribution in [0.3, 0.4) is 0 Å². The van der Waals surface area contributed by atoms with Gasteiger partial charge in [-0.3, -0.25) is 13.9 Å². The number of fused-ring (bicyclic) bond motifs is 2. The molecule has 2 aliphatic heterocycles. The lowest BCUT2D eigenvalue weighted by atomic mass is 10.1. The van der Waals surface area contributed by atoms with Gasteiger partial charge in [-0.15, -0.1) is 0 Å². The van der Waals surface area contributed by atoms with Crippen molar-refractivity contribution in [2.45, 2.75) is 70.5 Å². The normalized spacial score (nSPS) is 30.2. The maximum Gasteiger partial charge on any atom is 0.281 e. The third-order valence-corrected chi connectivity index (χ3v) is 4.88. The molecule has 0 aromatic carbocycles. The molecule has 9 heteroatoms. The van der Waals surface area contributed by atoms with Gasteiger partial charge in [0.05, 0.1) is 12.9 Å². The lowest BCUT2D eigenvalue weighted by Gasteiger charge is -2.24. The van der Waals surface area contributed by atoms with E-state index in [1.165, 1.54) is 0 Å². The van der Waals surface area contributed by atoms with E-state index < -0.39 is 24.2 Å². The van der Waals surface area contributed by atoms with Gasteiger partial charge in [0.2, 0.25) is 0 Å². The third-order valence-electron chi connectivity index (χ3n) is 4.88. The molecule has 0 saturated carbocycles. The smallest absolute Gasteiger partial charge is 0.281 e. The maximum absolute atomic E-state index is 12.6. The zero-order valence-electron chi connectivity index (χ0n) is 15.2. The van der Waals surface area contributed by atoms with E-state index in [-0.39, 0.29) is 18.3 Å². The van der Waals surface area contributed by atoms with Crippen LogP contribution in [0.2, 0.25) is 0 Å². The van der Waals surface area contributed by atoms with E-state index in [1.54, 1.807) is 21.8 Å². The molecule has 0 radical (unpaired) electrons. The number of aromatic nitrogens is 4. The standard InChI is InChI=1S/C17H24N4O5/c1-4-5-6-20-8-19-14-11(15(20)23)18-9-21(14)16-13-12(10(7-22)24-16)25-17(2,3)26-13/h8-10,12-13,16,22H,4-7H2,1-3H3/t10-,12-,13-,16-/m1/s1. The highest BCUT2D eigenvalue weighted by Gasteiger charge is 2.55. The first kappa shape index (κ1) is 17.6. The number of ether oxygens (including phenoxy) is 3. The molecular formula is C17H24N4O5. The Morgan fingerprint density at radius 3 is 2.73 bits per heavy atom. The van der Waals surface area contributed by atoms with Gasteiger partial charge in [0.15, 0.2) is 23.2 Å². The molecule has 2 saturated heterocycles. The average molecular weight is 364 g/mol. The van der Waals surface area contributed by atoms with Crippen molar-refractivity contribution in [3.63, 3.8) is 0 Å². The molecule has 0 unspecified atom stereocenters. The molecule has 2 aromatic rings. The Bertz CT molecular complexity index is 860. The minimum absolute atomic E-state index is 0.167. The summed E-state index contributed by atoms with van der Waals surface area (Å²) in [4.78, 5) is 21.3. The van der Waals surface area contributed by atoms with Crippen LogP contribution in [0.15, 0.2) is 17.4 Å². The Morgan fingerprint density at radius 1 is 1.23 bits per heavy atom. The summed E-state index contributed by atoms with van der Waals surface area (Å²) in [6.07, 6.45) is 3.11. The second-order valence-corrected chi connectivity index (χ2v) is 7.23. The average Bonchev–Trinajstić information content (AvgIpc) is 3.25. The van der Waals surface area contributed by atoms with E-state index in [4.69, 9.17) is 14.2 Å². The molecular weight excluding hydrogens is 340 g/mol. The SMILES string of the molecule is CCCCn1cnc2c(ncn2[C@@H]2O[C@H](CO)[C@H]3OC(C)(C)O[C@H]32)c1=O. The van der Waals surface area contributed by atoms with Gasteiger partial charge in [-0.25, -0.2) is 9.97 Å². The molecule has 9 nitrogen and oxygen atoms in total. The first-order valence-corrected chi connectivity index (χ1v) is 8.99. The van der Waals surface area contributed by atoms with Gasteiger partial charge in [-0.05, 0) is 20.3 Å². The summed E-state index contributed by atoms with van der Waals surface area (Å²) in [5.74, 6) is -0.762. The number of aliphatic hydroxyl groups is 1. The molecule has 4 atom stereocenters. The molecule has 4 heterocycles. The Balaban J connectivity index is 1.71. The second kappa shape index (κ2) is 6.41. The summed E-state index contributed by atoms with van der Waals surface area (Å²) in [6.45, 7) is 6.16. The van der Waals surface area contributed by atoms with Crippen molar-refractivity contribution in [3.05, 3.63) is 23.0 Å². The topological polar surface area (TPSA) is 101 Å². The van der Waals surface area contributed by atoms with E-state index in [1.807, 2.05) is 13.8 Å². The number of unbranched alkanes of at least 4 members (excludes halogenated alkanes) is 1. The fourth-order valence-electron chi connectivity index (χ4n) is 3.65. The van der Waals surface area contributed by atoms with E-state index in [2.05, 4.69) is 16.9 Å². The lowest BCUT2D eigenvalue weighted by molar-refractivity contribution is -0.199. The van der Waals surface area contributed by atoms with Gasteiger partial charge >= 0.3 is 0 Å². The molecule has 26 heavy (non-hydrogen) atoms. The lowest BCUT2D eigenvalue weighted by Crippen LogP contribution is -2.31. The maximum atomic E-state index is 12.6. The van der Waals surface area contributed by atoms with E-state index in [0.29, 0.717) is 17.7 Å². The van der Waals surface area contributed by atoms with Gasteiger partial charge in [0.1, 0.15) is 24.6 Å². The third kappa shape index (κ3) is 2.75. The molecule has 142 valence electrons. The number of hydrogen-bond acceptors (Lipinski definition) is 7. The fraction of sp³-hybridized carbons (Fsp3) is 0.706. The predicted octanol–water partition coefficient (Wildman–Crippen LogP) is 0.803. The Morgan fingerprint density at radius 2 is 2.00 bits per heavy atom. The van der Waals surface area contributed by atoms with E-state index in [0.717, 1.165) is 12.8 Å². The minimum Gasteiger partial charge on any atom is -0.394 e. The van der Waals surface area contributed by atoms with Crippen LogP contribution in [0.25, 0.3) is 11.2 Å². The van der Waals surface area contributed by atoms with E-state index in [9.17, 15) is 9.90 Å². The summed E-state index contributed by atoms with van der Waals surface area (Å²) >= 11 is 0. The van der Waals surface area contributed by atoms with Gasteiger partial charge in [0, 0.05) is 6.54 Å². The molecule has 0 amide bonds. The van der Waals surface area contributed by atoms with Crippen LogP contribution in [0.5, 0.6) is 0 Å². The Kier molecular flexibility index (Phi) is 4.34. The summed E-state index contributed by atoms with van der Waals surface area (Å²) < 4.78 is 21.1. The Hall–Kier alpha value is -1.81. The van der Waals surface area contributed by atoms with Crippen molar-refractivity contribution in [3.8, 4) is 0 Å². The summed E-state index contributed by atoms with van der Waals surface area (Å²) in [7, 11) is 0. The zero-order chi connectivity index (χ0) is 18.5. The minimum atomic E-state index is -0.762. The summed E-state index contributed by atoms with van der Waals surface area (Å²) in [6, 6.07) is 0. The molecule has 0 aliphatic carbocycles. The van der Waals surface area contributed by atoms with Crippen molar-refractivity contribution >= 4 is 11.2 Å². The van der Waals surface area contributed by atoms with E-state index >= 15 is 0 Å². The van der Waals surface area contributed by atoms with Gasteiger partial charge in [-0.1, -0.05) is 13.3 Å². The molecule has 0 spiro atoms. The number of aryl methyl sites for hydroxylation is 1. The van der Waals surface area contributed by atoms with Gasteiger partial charge < -0.3 is 19.3 Å². The first-order valence-electron chi connectivity index (χ1n) is 8.99. The Labute approximate surface area is 150 Å². The predicted molar refractivity (Wildman–Crippen MR) is 91.5 cm³/mol. The van der Waals surface area contributed by atoms with Crippen LogP contribution >= 0.6 is 0 Å². The van der Waals surface area contributed by atoms with Crippen LogP contribution in [0.1, 0.15) is 39.8 Å². The van der Waals surface area contributed by atoms with Crippen LogP contribution in [0, 0.1) is 0 Å². The number of nitrogens with zero attached hydrogens (tertiary/aromatic N) is 4. The molecule has 2 aliphatic rings. The second-order valence-electron chi connectivity index (χ2n) is 7.23. The highest BCUT2D eigenvalue weighted by Crippen LogP contribution is 2.43. The summed E-state index contributed by atoms with van der Waals surface area (Å²) in [5, 5.41) is 9.62. The van der Waals surface area contributed by atoms with Crippen LogP contribution in [0.4, 0.5) is 0 Å². The molecule has 1 N–H and O–H groups in total. The van der Waals surface area contributed by atoms with Gasteiger partial charge in [-0.2, -0.15) is 0 Å². The summed E-state index contributed by atoms with van der Waals surface area (Å²) in [5.41, 5.74) is 0.576. The quantitative estimate of drug-likeness (QED) is 0.837. The first-order chi connectivity index (χ1) is 12.4.